The summed E-state index contributed by atoms with van der Waals surface area (Å²) in [5, 5.41) is 19.3. The minimum Gasteiger partial charge on any atom is -0.505 e. The molecule has 3 aromatic rings. The van der Waals surface area contributed by atoms with Crippen molar-refractivity contribution < 1.29 is 19.4 Å². The number of amides is 1. The van der Waals surface area contributed by atoms with Crippen LogP contribution < -0.4 is 31.2 Å². The molecule has 4 rings (SSSR count). The molecule has 35 heavy (non-hydrogen) atoms. The highest BCUT2D eigenvalue weighted by Crippen LogP contribution is 2.36. The van der Waals surface area contributed by atoms with E-state index in [-0.39, 0.29) is 41.2 Å². The standard InChI is InChI=1S/C24H27N5O6/c1-5-15(13-9-10-17-18(11-13)35-12-34-17)25-19-20(24(33)29(4)27-22(19)31)26-16-8-6-7-14(21(16)30)23(32)28(2)3/h6-11,15,25-26,30H,5,12H2,1-4H3,(H,27,31). The van der Waals surface area contributed by atoms with E-state index in [1.54, 1.807) is 26.2 Å². The van der Waals surface area contributed by atoms with Crippen molar-refractivity contribution in [1.29, 1.82) is 0 Å². The van der Waals surface area contributed by atoms with Gasteiger partial charge in [-0.25, -0.2) is 0 Å². The summed E-state index contributed by atoms with van der Waals surface area (Å²) in [6.07, 6.45) is 0.589. The molecule has 1 aliphatic heterocycles. The molecule has 4 N–H and O–H groups in total. The van der Waals surface area contributed by atoms with Crippen molar-refractivity contribution in [3.8, 4) is 17.2 Å². The number of para-hydroxylation sites is 1. The molecule has 2 aromatic carbocycles. The van der Waals surface area contributed by atoms with E-state index in [1.807, 2.05) is 19.1 Å². The second-order valence-corrected chi connectivity index (χ2v) is 8.30. The molecule has 0 radical (unpaired) electrons. The fourth-order valence-electron chi connectivity index (χ4n) is 3.82. The lowest BCUT2D eigenvalue weighted by Gasteiger charge is -2.21. The van der Waals surface area contributed by atoms with Crippen molar-refractivity contribution in [2.45, 2.75) is 19.4 Å². The molecule has 0 fully saturated rings. The molecule has 1 amide bonds. The largest absolute Gasteiger partial charge is 0.505 e. The van der Waals surface area contributed by atoms with Crippen LogP contribution in [0.2, 0.25) is 0 Å². The van der Waals surface area contributed by atoms with Crippen LogP contribution in [0, 0.1) is 0 Å². The van der Waals surface area contributed by atoms with Crippen molar-refractivity contribution in [1.82, 2.24) is 14.7 Å². The maximum absolute atomic E-state index is 13.0. The number of phenolic OH excluding ortho intramolecular Hbond substituents is 1. The van der Waals surface area contributed by atoms with Gasteiger partial charge in [0.1, 0.15) is 11.4 Å². The van der Waals surface area contributed by atoms with Crippen LogP contribution in [0.4, 0.5) is 17.1 Å². The summed E-state index contributed by atoms with van der Waals surface area (Å²) in [6.45, 7) is 2.08. The van der Waals surface area contributed by atoms with Crippen LogP contribution in [0.5, 0.6) is 17.2 Å². The third-order valence-corrected chi connectivity index (χ3v) is 5.72. The number of anilines is 3. The Morgan fingerprint density at radius 3 is 2.63 bits per heavy atom. The highest BCUT2D eigenvalue weighted by atomic mass is 16.7. The molecule has 1 aromatic heterocycles. The van der Waals surface area contributed by atoms with E-state index < -0.39 is 17.0 Å². The highest BCUT2D eigenvalue weighted by molar-refractivity contribution is 5.98. The smallest absolute Gasteiger partial charge is 0.290 e. The van der Waals surface area contributed by atoms with Gasteiger partial charge in [0.05, 0.1) is 17.3 Å². The Labute approximate surface area is 200 Å². The first-order valence-corrected chi connectivity index (χ1v) is 11.0. The zero-order valence-electron chi connectivity index (χ0n) is 19.8. The first-order chi connectivity index (χ1) is 16.7. The molecule has 0 saturated heterocycles. The third kappa shape index (κ3) is 4.52. The summed E-state index contributed by atoms with van der Waals surface area (Å²) >= 11 is 0. The van der Waals surface area contributed by atoms with E-state index in [9.17, 15) is 19.5 Å². The number of rotatable bonds is 7. The first kappa shape index (κ1) is 23.7. The van der Waals surface area contributed by atoms with Gasteiger partial charge in [0.15, 0.2) is 17.2 Å². The number of fused-ring (bicyclic) bond motifs is 1. The van der Waals surface area contributed by atoms with E-state index in [0.717, 1.165) is 10.2 Å². The molecule has 1 unspecified atom stereocenters. The van der Waals surface area contributed by atoms with Crippen LogP contribution in [0.25, 0.3) is 0 Å². The number of H-pyrrole nitrogens is 1. The molecular weight excluding hydrogens is 454 g/mol. The number of benzene rings is 2. The Bertz CT molecular complexity index is 1390. The van der Waals surface area contributed by atoms with Crippen molar-refractivity contribution >= 4 is 23.0 Å². The number of hydrogen-bond acceptors (Lipinski definition) is 8. The predicted molar refractivity (Wildman–Crippen MR) is 131 cm³/mol. The Balaban J connectivity index is 1.75. The van der Waals surface area contributed by atoms with Gasteiger partial charge in [-0.05, 0) is 36.2 Å². The number of nitrogens with zero attached hydrogens (tertiary/aromatic N) is 2. The number of carbonyl (C=O) groups excluding carboxylic acids is 1. The van der Waals surface area contributed by atoms with Gasteiger partial charge >= 0.3 is 0 Å². The van der Waals surface area contributed by atoms with Gasteiger partial charge in [-0.15, -0.1) is 0 Å². The monoisotopic (exact) mass is 481 g/mol. The van der Waals surface area contributed by atoms with E-state index in [1.165, 1.54) is 24.1 Å². The average Bonchev–Trinajstić information content (AvgIpc) is 3.31. The molecule has 11 nitrogen and oxygen atoms in total. The third-order valence-electron chi connectivity index (χ3n) is 5.72. The summed E-state index contributed by atoms with van der Waals surface area (Å²) in [4.78, 5) is 39.7. The van der Waals surface area contributed by atoms with Crippen molar-refractivity contribution in [2.24, 2.45) is 7.05 Å². The molecular formula is C24H27N5O6. The van der Waals surface area contributed by atoms with E-state index >= 15 is 0 Å². The predicted octanol–water partition coefficient (Wildman–Crippen LogP) is 2.52. The van der Waals surface area contributed by atoms with Gasteiger partial charge < -0.3 is 30.1 Å². The lowest BCUT2D eigenvalue weighted by atomic mass is 10.0. The molecule has 1 aliphatic rings. The van der Waals surface area contributed by atoms with E-state index in [4.69, 9.17) is 9.47 Å². The summed E-state index contributed by atoms with van der Waals surface area (Å²) in [5.74, 6) is 0.505. The minimum absolute atomic E-state index is 0.00126. The summed E-state index contributed by atoms with van der Waals surface area (Å²) in [5.41, 5.74) is -0.126. The Morgan fingerprint density at radius 1 is 1.17 bits per heavy atom. The number of carbonyl (C=O) groups is 1. The highest BCUT2D eigenvalue weighted by Gasteiger charge is 2.23. The summed E-state index contributed by atoms with van der Waals surface area (Å²) in [7, 11) is 4.55. The Hall–Kier alpha value is -4.41. The van der Waals surface area contributed by atoms with E-state index in [2.05, 4.69) is 15.7 Å². The van der Waals surface area contributed by atoms with Crippen LogP contribution in [-0.2, 0) is 7.05 Å². The number of aromatic nitrogens is 2. The van der Waals surface area contributed by atoms with Crippen molar-refractivity contribution in [3.63, 3.8) is 0 Å². The quantitative estimate of drug-likeness (QED) is 0.378. The fraction of sp³-hybridized carbons (Fsp3) is 0.292. The molecule has 1 atom stereocenters. The van der Waals surface area contributed by atoms with Crippen LogP contribution >= 0.6 is 0 Å². The van der Waals surface area contributed by atoms with Gasteiger partial charge in [0.25, 0.3) is 17.0 Å². The van der Waals surface area contributed by atoms with Gasteiger partial charge in [0, 0.05) is 21.1 Å². The van der Waals surface area contributed by atoms with Crippen LogP contribution in [-0.4, -0.2) is 46.6 Å². The minimum atomic E-state index is -0.534. The SMILES string of the molecule is CCC(Nc1c(Nc2cccc(C(=O)N(C)C)c2O)c(=O)n(C)[nH]c1=O)c1ccc2c(c1)OCO2. The van der Waals surface area contributed by atoms with E-state index in [0.29, 0.717) is 17.9 Å². The van der Waals surface area contributed by atoms with Gasteiger partial charge in [-0.2, -0.15) is 0 Å². The molecule has 11 heteroatoms. The topological polar surface area (TPSA) is 138 Å². The number of hydrogen-bond donors (Lipinski definition) is 4. The number of nitrogens with one attached hydrogen (secondary N) is 3. The Kier molecular flexibility index (Phi) is 6.41. The second-order valence-electron chi connectivity index (χ2n) is 8.30. The van der Waals surface area contributed by atoms with Crippen molar-refractivity contribution in [3.05, 3.63) is 68.2 Å². The number of ether oxygens (including phenoxy) is 2. The lowest BCUT2D eigenvalue weighted by molar-refractivity contribution is 0.0824. The molecule has 0 saturated carbocycles. The molecule has 184 valence electrons. The zero-order chi connectivity index (χ0) is 25.3. The fourth-order valence-corrected chi connectivity index (χ4v) is 3.82. The number of aromatic hydroxyl groups is 1. The van der Waals surface area contributed by atoms with Gasteiger partial charge in [-0.1, -0.05) is 19.1 Å². The molecule has 0 bridgehead atoms. The molecule has 0 aliphatic carbocycles. The lowest BCUT2D eigenvalue weighted by Crippen LogP contribution is -2.32. The maximum atomic E-state index is 13.0. The second kappa shape index (κ2) is 9.45. The molecule has 0 spiro atoms. The van der Waals surface area contributed by atoms with Crippen LogP contribution in [0.1, 0.15) is 35.3 Å². The van der Waals surface area contributed by atoms with Crippen molar-refractivity contribution in [2.75, 3.05) is 31.5 Å². The van der Waals surface area contributed by atoms with Crippen LogP contribution in [0.15, 0.2) is 46.0 Å². The maximum Gasteiger partial charge on any atom is 0.290 e. The normalized spacial score (nSPS) is 12.8. The van der Waals surface area contributed by atoms with Gasteiger partial charge in [-0.3, -0.25) is 24.2 Å². The van der Waals surface area contributed by atoms with Crippen LogP contribution in [0.3, 0.4) is 0 Å². The first-order valence-electron chi connectivity index (χ1n) is 11.0. The number of aryl methyl sites for hydroxylation is 1. The summed E-state index contributed by atoms with van der Waals surface area (Å²) < 4.78 is 11.9. The van der Waals surface area contributed by atoms with Gasteiger partial charge in [0.2, 0.25) is 6.79 Å². The average molecular weight is 482 g/mol. The zero-order valence-corrected chi connectivity index (χ0v) is 19.8. The summed E-state index contributed by atoms with van der Waals surface area (Å²) in [6, 6.07) is 9.71. The number of phenols is 1. The Morgan fingerprint density at radius 2 is 1.91 bits per heavy atom. The number of aromatic amines is 1. The molecule has 2 heterocycles.